The Hall–Kier alpha value is -1.75. The van der Waals surface area contributed by atoms with Crippen LogP contribution in [-0.4, -0.2) is 16.8 Å². The minimum absolute atomic E-state index is 0.0493. The molecular weight excluding hydrogens is 234 g/mol. The van der Waals surface area contributed by atoms with Crippen LogP contribution in [-0.2, 0) is 9.53 Å². The van der Waals surface area contributed by atoms with Gasteiger partial charge < -0.3 is 4.74 Å². The van der Waals surface area contributed by atoms with Crippen LogP contribution in [0, 0.1) is 10.1 Å². The molecule has 5 nitrogen and oxygen atoms in total. The van der Waals surface area contributed by atoms with E-state index in [-0.39, 0.29) is 23.7 Å². The molecule has 5 heteroatoms. The van der Waals surface area contributed by atoms with Crippen LogP contribution in [0.3, 0.4) is 0 Å². The number of Topliss-reactive ketones (excluding diaryl/α,β-unsaturated/α-hetero) is 1. The number of ether oxygens (including phenoxy) is 1. The van der Waals surface area contributed by atoms with Crippen molar-refractivity contribution in [2.45, 2.75) is 38.4 Å². The van der Waals surface area contributed by atoms with Crippen molar-refractivity contribution in [1.29, 1.82) is 0 Å². The van der Waals surface area contributed by atoms with Crippen molar-refractivity contribution >= 4 is 11.5 Å². The number of carbonyl (C=O) groups excluding carboxylic acids is 1. The topological polar surface area (TPSA) is 72.7 Å². The van der Waals surface area contributed by atoms with E-state index in [1.54, 1.807) is 12.1 Å². The van der Waals surface area contributed by atoms with Crippen molar-refractivity contribution in [3.8, 4) is 0 Å². The Morgan fingerprint density at radius 3 is 2.61 bits per heavy atom. The molecule has 0 unspecified atom stereocenters. The van der Waals surface area contributed by atoms with E-state index in [9.17, 15) is 14.9 Å². The molecule has 1 aromatic rings. The second-order valence-electron chi connectivity index (χ2n) is 4.40. The van der Waals surface area contributed by atoms with Gasteiger partial charge in [0.2, 0.25) is 0 Å². The van der Waals surface area contributed by atoms with Gasteiger partial charge in [-0.1, -0.05) is 13.3 Å². The van der Waals surface area contributed by atoms with E-state index >= 15 is 0 Å². The van der Waals surface area contributed by atoms with Crippen molar-refractivity contribution in [3.63, 3.8) is 0 Å². The van der Waals surface area contributed by atoms with Gasteiger partial charge in [-0.2, -0.15) is 0 Å². The number of non-ortho nitro benzene ring substituents is 1. The molecule has 0 radical (unpaired) electrons. The third-order valence-electron chi connectivity index (χ3n) is 3.02. The lowest BCUT2D eigenvalue weighted by Crippen LogP contribution is -2.07. The molecule has 0 amide bonds. The lowest BCUT2D eigenvalue weighted by molar-refractivity contribution is -0.384. The molecule has 1 aliphatic heterocycles. The zero-order chi connectivity index (χ0) is 13.1. The van der Waals surface area contributed by atoms with Gasteiger partial charge in [-0.3, -0.25) is 14.9 Å². The summed E-state index contributed by atoms with van der Waals surface area (Å²) in [7, 11) is 0. The second-order valence-corrected chi connectivity index (χ2v) is 4.40. The quantitative estimate of drug-likeness (QED) is 0.441. The lowest BCUT2D eigenvalue weighted by Gasteiger charge is -1.96. The molecule has 2 rings (SSSR count). The van der Waals surface area contributed by atoms with E-state index in [0.29, 0.717) is 6.42 Å². The molecule has 0 aromatic heterocycles. The molecule has 1 saturated heterocycles. The first-order chi connectivity index (χ1) is 8.63. The number of ketones is 1. The maximum absolute atomic E-state index is 11.7. The van der Waals surface area contributed by atoms with Crippen LogP contribution in [0.25, 0.3) is 0 Å². The monoisotopic (exact) mass is 249 g/mol. The highest BCUT2D eigenvalue weighted by atomic mass is 16.6. The number of nitrogens with zero attached hydrogens (tertiary/aromatic N) is 1. The van der Waals surface area contributed by atoms with Crippen molar-refractivity contribution in [1.82, 2.24) is 0 Å². The van der Waals surface area contributed by atoms with Crippen LogP contribution >= 0.6 is 0 Å². The minimum atomic E-state index is -0.443. The van der Waals surface area contributed by atoms with Crippen LogP contribution < -0.4 is 0 Å². The molecule has 0 aliphatic carbocycles. The second kappa shape index (κ2) is 5.27. The number of unbranched alkanes of at least 4 members (excludes halogenated alkanes) is 1. The third kappa shape index (κ3) is 2.73. The molecule has 0 N–H and O–H groups in total. The van der Waals surface area contributed by atoms with Crippen LogP contribution in [0.15, 0.2) is 24.3 Å². The van der Waals surface area contributed by atoms with Crippen LogP contribution in [0.2, 0.25) is 0 Å². The van der Waals surface area contributed by atoms with Crippen LogP contribution in [0.5, 0.6) is 0 Å². The molecule has 0 spiro atoms. The van der Waals surface area contributed by atoms with Crippen molar-refractivity contribution in [2.24, 2.45) is 0 Å². The van der Waals surface area contributed by atoms with E-state index < -0.39 is 4.92 Å². The summed E-state index contributed by atoms with van der Waals surface area (Å²) in [6.07, 6.45) is 1.85. The van der Waals surface area contributed by atoms with Gasteiger partial charge in [0.05, 0.1) is 4.92 Å². The fourth-order valence-electron chi connectivity index (χ4n) is 1.89. The Kier molecular flexibility index (Phi) is 3.72. The fourth-order valence-corrected chi connectivity index (χ4v) is 1.89. The van der Waals surface area contributed by atoms with Gasteiger partial charge in [-0.05, 0) is 24.1 Å². The van der Waals surface area contributed by atoms with E-state index in [1.807, 2.05) is 6.92 Å². The summed E-state index contributed by atoms with van der Waals surface area (Å²) in [6, 6.07) is 6.17. The molecule has 18 heavy (non-hydrogen) atoms. The highest BCUT2D eigenvalue weighted by Gasteiger charge is 2.45. The van der Waals surface area contributed by atoms with Crippen molar-refractivity contribution in [2.75, 3.05) is 0 Å². The highest BCUT2D eigenvalue weighted by Crippen LogP contribution is 2.40. The van der Waals surface area contributed by atoms with Crippen molar-refractivity contribution in [3.05, 3.63) is 39.9 Å². The van der Waals surface area contributed by atoms with Crippen LogP contribution in [0.1, 0.15) is 37.9 Å². The number of carbonyl (C=O) groups is 1. The SMILES string of the molecule is CCCCC(=O)[C@@H]1O[C@@H]1c1ccc([N+](=O)[O-])cc1. The van der Waals surface area contributed by atoms with Crippen LogP contribution in [0.4, 0.5) is 5.69 Å². The first-order valence-electron chi connectivity index (χ1n) is 6.06. The number of rotatable bonds is 6. The van der Waals surface area contributed by atoms with E-state index in [0.717, 1.165) is 18.4 Å². The van der Waals surface area contributed by atoms with Crippen molar-refractivity contribution < 1.29 is 14.5 Å². The number of hydrogen-bond donors (Lipinski definition) is 0. The summed E-state index contributed by atoms with van der Waals surface area (Å²) in [4.78, 5) is 21.8. The molecule has 0 bridgehead atoms. The molecular formula is C13H15NO4. The molecule has 1 fully saturated rings. The molecule has 96 valence electrons. The van der Waals surface area contributed by atoms with Gasteiger partial charge >= 0.3 is 0 Å². The Labute approximate surface area is 105 Å². The van der Waals surface area contributed by atoms with Gasteiger partial charge in [0, 0.05) is 18.6 Å². The predicted molar refractivity (Wildman–Crippen MR) is 65.2 cm³/mol. The van der Waals surface area contributed by atoms with Gasteiger partial charge in [0.25, 0.3) is 5.69 Å². The Morgan fingerprint density at radius 2 is 2.06 bits per heavy atom. The molecule has 2 atom stereocenters. The van der Waals surface area contributed by atoms with E-state index in [4.69, 9.17) is 4.74 Å². The number of epoxide rings is 1. The Bertz CT molecular complexity index is 455. The summed E-state index contributed by atoms with van der Waals surface area (Å²) in [5, 5.41) is 10.5. The van der Waals surface area contributed by atoms with Gasteiger partial charge in [0.1, 0.15) is 12.2 Å². The first kappa shape index (κ1) is 12.7. The zero-order valence-corrected chi connectivity index (χ0v) is 10.2. The van der Waals surface area contributed by atoms with E-state index in [1.165, 1.54) is 12.1 Å². The smallest absolute Gasteiger partial charge is 0.269 e. The average Bonchev–Trinajstić information content (AvgIpc) is 3.16. The van der Waals surface area contributed by atoms with Gasteiger partial charge in [0.15, 0.2) is 5.78 Å². The maximum Gasteiger partial charge on any atom is 0.269 e. The van der Waals surface area contributed by atoms with E-state index in [2.05, 4.69) is 0 Å². The molecule has 1 heterocycles. The van der Waals surface area contributed by atoms with Gasteiger partial charge in [-0.25, -0.2) is 0 Å². The summed E-state index contributed by atoms with van der Waals surface area (Å²) < 4.78 is 5.34. The normalized spacial score (nSPS) is 21.6. The Balaban J connectivity index is 1.95. The summed E-state index contributed by atoms with van der Waals surface area (Å²) in [5.74, 6) is 0.125. The highest BCUT2D eigenvalue weighted by molar-refractivity contribution is 5.86. The average molecular weight is 249 g/mol. The third-order valence-corrected chi connectivity index (χ3v) is 3.02. The standard InChI is InChI=1S/C13H15NO4/c1-2-3-4-11(15)13-12(18-13)9-5-7-10(8-6-9)14(16)17/h5-8,12-13H,2-4H2,1H3/t12-,13+/m1/s1. The zero-order valence-electron chi connectivity index (χ0n) is 10.2. The number of benzene rings is 1. The first-order valence-corrected chi connectivity index (χ1v) is 6.06. The number of nitro groups is 1. The number of nitro benzene ring substituents is 1. The minimum Gasteiger partial charge on any atom is -0.356 e. The summed E-state index contributed by atoms with van der Waals surface area (Å²) in [5.41, 5.74) is 0.878. The summed E-state index contributed by atoms with van der Waals surface area (Å²) >= 11 is 0. The van der Waals surface area contributed by atoms with Gasteiger partial charge in [-0.15, -0.1) is 0 Å². The predicted octanol–water partition coefficient (Wildman–Crippen LogP) is 2.79. The molecule has 1 aromatic carbocycles. The fraction of sp³-hybridized carbons (Fsp3) is 0.462. The molecule has 1 aliphatic rings. The summed E-state index contributed by atoms with van der Waals surface area (Å²) in [6.45, 7) is 2.04. The Morgan fingerprint density at radius 1 is 1.39 bits per heavy atom. The largest absolute Gasteiger partial charge is 0.356 e. The molecule has 0 saturated carbocycles. The maximum atomic E-state index is 11.7. The number of hydrogen-bond acceptors (Lipinski definition) is 4. The lowest BCUT2D eigenvalue weighted by atomic mass is 10.0.